The monoisotopic (exact) mass is 747 g/mol. The number of allylic oxidation sites excluding steroid dienone is 2. The van der Waals surface area contributed by atoms with Gasteiger partial charge in [0.1, 0.15) is 19.8 Å². The van der Waals surface area contributed by atoms with Crippen LogP contribution < -0.4 is 0 Å². The van der Waals surface area contributed by atoms with Crippen molar-refractivity contribution in [3.8, 4) is 0 Å². The SMILES string of the molecule is CCCC/C=C/CCCCCCCC(=O)O[C@H](COC(=O)CCCCCCCCCCCCCCCCCC)COP(=O)(O)OCC[N+](C)(C)C. The first-order chi connectivity index (χ1) is 24.5. The second-order valence-corrected chi connectivity index (χ2v) is 16.8. The fraction of sp³-hybridized carbons (Fsp3) is 0.902. The highest BCUT2D eigenvalue weighted by atomic mass is 31.2. The van der Waals surface area contributed by atoms with Crippen molar-refractivity contribution in [2.45, 2.75) is 193 Å². The van der Waals surface area contributed by atoms with Crippen molar-refractivity contribution < 1.29 is 42.1 Å². The molecule has 0 rings (SSSR count). The first kappa shape index (κ1) is 49.8. The Balaban J connectivity index is 4.33. The fourth-order valence-electron chi connectivity index (χ4n) is 5.70. The number of esters is 2. The Morgan fingerprint density at radius 2 is 1.02 bits per heavy atom. The summed E-state index contributed by atoms with van der Waals surface area (Å²) in [6.07, 6.45) is 34.0. The van der Waals surface area contributed by atoms with E-state index in [9.17, 15) is 19.0 Å². The van der Waals surface area contributed by atoms with E-state index in [0.29, 0.717) is 23.9 Å². The van der Waals surface area contributed by atoms with Gasteiger partial charge in [0.25, 0.3) is 0 Å². The van der Waals surface area contributed by atoms with E-state index >= 15 is 0 Å². The number of hydrogen-bond donors (Lipinski definition) is 1. The number of quaternary nitrogens is 1. The summed E-state index contributed by atoms with van der Waals surface area (Å²) in [7, 11) is 1.48. The van der Waals surface area contributed by atoms with E-state index in [1.807, 2.05) is 21.1 Å². The van der Waals surface area contributed by atoms with Gasteiger partial charge in [-0.25, -0.2) is 4.57 Å². The predicted molar refractivity (Wildman–Crippen MR) is 211 cm³/mol. The molecule has 0 bridgehead atoms. The van der Waals surface area contributed by atoms with Crippen molar-refractivity contribution in [3.05, 3.63) is 12.2 Å². The van der Waals surface area contributed by atoms with Crippen molar-refractivity contribution in [3.63, 3.8) is 0 Å². The van der Waals surface area contributed by atoms with Gasteiger partial charge in [0.05, 0.1) is 27.7 Å². The third-order valence-electron chi connectivity index (χ3n) is 9.05. The van der Waals surface area contributed by atoms with E-state index in [1.54, 1.807) is 0 Å². The number of carbonyl (C=O) groups is 2. The normalized spacial score (nSPS) is 13.8. The van der Waals surface area contributed by atoms with Gasteiger partial charge < -0.3 is 18.9 Å². The molecule has 10 heteroatoms. The smallest absolute Gasteiger partial charge is 0.462 e. The van der Waals surface area contributed by atoms with Gasteiger partial charge in [-0.1, -0.05) is 154 Å². The van der Waals surface area contributed by atoms with Crippen molar-refractivity contribution in [2.24, 2.45) is 0 Å². The van der Waals surface area contributed by atoms with E-state index < -0.39 is 26.5 Å². The number of rotatable bonds is 38. The zero-order valence-electron chi connectivity index (χ0n) is 33.9. The molecule has 0 saturated heterocycles. The van der Waals surface area contributed by atoms with Crippen LogP contribution in [0.3, 0.4) is 0 Å². The largest absolute Gasteiger partial charge is 0.472 e. The molecule has 2 atom stereocenters. The number of phosphoric acid groups is 1. The van der Waals surface area contributed by atoms with Crippen LogP contribution in [-0.4, -0.2) is 74.9 Å². The number of ether oxygens (including phenoxy) is 2. The van der Waals surface area contributed by atoms with E-state index in [2.05, 4.69) is 26.0 Å². The van der Waals surface area contributed by atoms with E-state index in [4.69, 9.17) is 18.5 Å². The minimum absolute atomic E-state index is 0.0329. The lowest BCUT2D eigenvalue weighted by atomic mass is 10.0. The molecule has 0 spiro atoms. The second kappa shape index (κ2) is 34.5. The maximum atomic E-state index is 12.6. The Morgan fingerprint density at radius 1 is 0.588 bits per heavy atom. The first-order valence-electron chi connectivity index (χ1n) is 20.9. The van der Waals surface area contributed by atoms with E-state index in [0.717, 1.165) is 57.8 Å². The average molecular weight is 747 g/mol. The summed E-state index contributed by atoms with van der Waals surface area (Å²) in [6, 6.07) is 0. The number of hydrogen-bond acceptors (Lipinski definition) is 7. The van der Waals surface area contributed by atoms with Crippen LogP contribution in [-0.2, 0) is 32.7 Å². The van der Waals surface area contributed by atoms with Gasteiger partial charge in [-0.3, -0.25) is 18.6 Å². The number of likely N-dealkylation sites (N-methyl/N-ethyl adjacent to an activating group) is 1. The lowest BCUT2D eigenvalue weighted by molar-refractivity contribution is -0.870. The van der Waals surface area contributed by atoms with Crippen LogP contribution in [0.25, 0.3) is 0 Å². The molecule has 1 N–H and O–H groups in total. The molecule has 0 radical (unpaired) electrons. The molecule has 0 amide bonds. The Hall–Kier alpha value is -1.25. The topological polar surface area (TPSA) is 108 Å². The van der Waals surface area contributed by atoms with Crippen molar-refractivity contribution in [1.29, 1.82) is 0 Å². The van der Waals surface area contributed by atoms with Crippen molar-refractivity contribution in [2.75, 3.05) is 47.5 Å². The van der Waals surface area contributed by atoms with Gasteiger partial charge in [-0.15, -0.1) is 0 Å². The minimum Gasteiger partial charge on any atom is -0.462 e. The molecule has 0 heterocycles. The highest BCUT2D eigenvalue weighted by molar-refractivity contribution is 7.47. The van der Waals surface area contributed by atoms with Gasteiger partial charge in [0.15, 0.2) is 6.10 Å². The Morgan fingerprint density at radius 3 is 1.51 bits per heavy atom. The molecule has 0 aromatic heterocycles. The third kappa shape index (κ3) is 38.3. The maximum Gasteiger partial charge on any atom is 0.472 e. The summed E-state index contributed by atoms with van der Waals surface area (Å²) in [4.78, 5) is 35.2. The molecule has 0 aromatic carbocycles. The van der Waals surface area contributed by atoms with Gasteiger partial charge in [0, 0.05) is 12.8 Å². The molecule has 0 fully saturated rings. The number of phosphoric ester groups is 1. The van der Waals surface area contributed by atoms with Gasteiger partial charge in [0.2, 0.25) is 0 Å². The molecule has 0 aliphatic rings. The number of carbonyl (C=O) groups excluding carboxylic acids is 2. The second-order valence-electron chi connectivity index (χ2n) is 15.4. The quantitative estimate of drug-likeness (QED) is 0.0219. The molecule has 9 nitrogen and oxygen atoms in total. The van der Waals surface area contributed by atoms with Crippen LogP contribution in [0.4, 0.5) is 0 Å². The molecule has 1 unspecified atom stereocenters. The van der Waals surface area contributed by atoms with Crippen molar-refractivity contribution in [1.82, 2.24) is 0 Å². The fourth-order valence-corrected chi connectivity index (χ4v) is 6.44. The summed E-state index contributed by atoms with van der Waals surface area (Å²) in [5, 5.41) is 0. The van der Waals surface area contributed by atoms with Crippen molar-refractivity contribution >= 4 is 19.8 Å². The molecule has 0 aliphatic heterocycles. The van der Waals surface area contributed by atoms with Crippen LogP contribution in [0.2, 0.25) is 0 Å². The van der Waals surface area contributed by atoms with Gasteiger partial charge >= 0.3 is 19.8 Å². The van der Waals surface area contributed by atoms with Crippen LogP contribution in [0.1, 0.15) is 187 Å². The third-order valence-corrected chi connectivity index (χ3v) is 10.0. The molecular weight excluding hydrogens is 665 g/mol. The van der Waals surface area contributed by atoms with E-state index in [1.165, 1.54) is 96.3 Å². The Bertz CT molecular complexity index is 891. The highest BCUT2D eigenvalue weighted by Gasteiger charge is 2.27. The highest BCUT2D eigenvalue weighted by Crippen LogP contribution is 2.43. The Labute approximate surface area is 314 Å². The summed E-state index contributed by atoms with van der Waals surface area (Å²) >= 11 is 0. The van der Waals surface area contributed by atoms with Gasteiger partial charge in [-0.05, 0) is 32.1 Å². The van der Waals surface area contributed by atoms with Crippen LogP contribution in [0, 0.1) is 0 Å². The lowest BCUT2D eigenvalue weighted by Crippen LogP contribution is -2.37. The van der Waals surface area contributed by atoms with Crippen LogP contribution in [0.5, 0.6) is 0 Å². The molecule has 51 heavy (non-hydrogen) atoms. The van der Waals surface area contributed by atoms with Gasteiger partial charge in [-0.2, -0.15) is 0 Å². The number of nitrogens with zero attached hydrogens (tertiary/aromatic N) is 1. The zero-order chi connectivity index (χ0) is 37.9. The zero-order valence-corrected chi connectivity index (χ0v) is 34.7. The standard InChI is InChI=1S/C41H80NO8P/c1-6-8-10-12-14-16-18-19-20-21-22-24-25-27-29-31-33-40(43)47-37-39(38-49-51(45,46)48-36-35-42(3,4)5)50-41(44)34-32-30-28-26-23-17-15-13-11-9-7-2/h13,15,39H,6-12,14,16-38H2,1-5H3/p+1/b15-13+/t39-/m1/s1. The number of unbranched alkanes of at least 4 members (excludes halogenated alkanes) is 22. The molecule has 0 aliphatic carbocycles. The minimum atomic E-state index is -4.37. The Kier molecular flexibility index (Phi) is 33.7. The summed E-state index contributed by atoms with van der Waals surface area (Å²) in [5.74, 6) is -0.803. The summed E-state index contributed by atoms with van der Waals surface area (Å²) < 4.78 is 34.2. The molecule has 302 valence electrons. The lowest BCUT2D eigenvalue weighted by Gasteiger charge is -2.24. The van der Waals surface area contributed by atoms with E-state index in [-0.39, 0.29) is 25.6 Å². The van der Waals surface area contributed by atoms with Crippen LogP contribution >= 0.6 is 7.82 Å². The molecular formula is C41H81NO8P+. The van der Waals surface area contributed by atoms with Crippen LogP contribution in [0.15, 0.2) is 12.2 Å². The predicted octanol–water partition coefficient (Wildman–Crippen LogP) is 11.4. The summed E-state index contributed by atoms with van der Waals surface area (Å²) in [6.45, 7) is 4.38. The summed E-state index contributed by atoms with van der Waals surface area (Å²) in [5.41, 5.74) is 0. The first-order valence-corrected chi connectivity index (χ1v) is 22.4. The average Bonchev–Trinajstić information content (AvgIpc) is 3.07. The molecule has 0 aromatic rings. The molecule has 0 saturated carbocycles. The maximum absolute atomic E-state index is 12.6.